The highest BCUT2D eigenvalue weighted by Crippen LogP contribution is 2.28. The Hall–Kier alpha value is -2.20. The summed E-state index contributed by atoms with van der Waals surface area (Å²) in [5.74, 6) is -0.704. The van der Waals surface area contributed by atoms with Gasteiger partial charge in [-0.2, -0.15) is 0 Å². The van der Waals surface area contributed by atoms with Crippen molar-refractivity contribution in [3.05, 3.63) is 58.9 Å². The Kier molecular flexibility index (Phi) is 8.69. The fourth-order valence-electron chi connectivity index (χ4n) is 3.90. The average Bonchev–Trinajstić information content (AvgIpc) is 2.79. The van der Waals surface area contributed by atoms with E-state index in [9.17, 15) is 17.6 Å². The van der Waals surface area contributed by atoms with Crippen LogP contribution in [-0.2, 0) is 14.8 Å². The standard InChI is InChI=1S/C23H30ClFN4O3S/c1-3-28-12-14-29(15-13-28)21-9-8-18(25)16-19(21)17(2)27-23(30)10-11-26-33(31,32)22-7-5-4-6-20(22)24/h4-9,16-17,26H,3,10-15H2,1-2H3,(H,27,30). The third-order valence-corrected chi connectivity index (χ3v) is 7.72. The van der Waals surface area contributed by atoms with Gasteiger partial charge in [0, 0.05) is 50.4 Å². The molecular formula is C23H30ClFN4O3S. The van der Waals surface area contributed by atoms with Crippen LogP contribution in [0.1, 0.15) is 31.9 Å². The van der Waals surface area contributed by atoms with Crippen LogP contribution >= 0.6 is 11.6 Å². The average molecular weight is 497 g/mol. The second-order valence-electron chi connectivity index (χ2n) is 7.99. The Balaban J connectivity index is 1.60. The molecule has 1 aliphatic heterocycles. The summed E-state index contributed by atoms with van der Waals surface area (Å²) >= 11 is 5.96. The Bertz CT molecular complexity index is 1080. The Morgan fingerprint density at radius 1 is 1.15 bits per heavy atom. The van der Waals surface area contributed by atoms with Crippen molar-refractivity contribution in [2.45, 2.75) is 31.2 Å². The SMILES string of the molecule is CCN1CCN(c2ccc(F)cc2C(C)NC(=O)CCNS(=O)(=O)c2ccccc2Cl)CC1. The number of hydrogen-bond donors (Lipinski definition) is 2. The third kappa shape index (κ3) is 6.66. The van der Waals surface area contributed by atoms with Gasteiger partial charge in [-0.15, -0.1) is 0 Å². The van der Waals surface area contributed by atoms with E-state index in [1.807, 2.05) is 0 Å². The van der Waals surface area contributed by atoms with Gasteiger partial charge in [0.05, 0.1) is 11.1 Å². The van der Waals surface area contributed by atoms with Crippen LogP contribution in [0.25, 0.3) is 0 Å². The maximum atomic E-state index is 14.0. The summed E-state index contributed by atoms with van der Waals surface area (Å²) in [6.45, 7) is 8.36. The van der Waals surface area contributed by atoms with E-state index in [0.29, 0.717) is 5.56 Å². The van der Waals surface area contributed by atoms with Crippen LogP contribution in [0.5, 0.6) is 0 Å². The summed E-state index contributed by atoms with van der Waals surface area (Å²) < 4.78 is 41.2. The number of anilines is 1. The highest BCUT2D eigenvalue weighted by Gasteiger charge is 2.22. The first-order valence-corrected chi connectivity index (χ1v) is 12.9. The number of sulfonamides is 1. The highest BCUT2D eigenvalue weighted by atomic mass is 35.5. The van der Waals surface area contributed by atoms with Crippen LogP contribution in [0.15, 0.2) is 47.4 Å². The lowest BCUT2D eigenvalue weighted by Crippen LogP contribution is -2.46. The smallest absolute Gasteiger partial charge is 0.242 e. The van der Waals surface area contributed by atoms with E-state index in [1.54, 1.807) is 25.1 Å². The molecule has 33 heavy (non-hydrogen) atoms. The summed E-state index contributed by atoms with van der Waals surface area (Å²) in [6.07, 6.45) is -0.0617. The molecule has 0 radical (unpaired) electrons. The summed E-state index contributed by atoms with van der Waals surface area (Å²) in [6, 6.07) is 10.3. The number of amides is 1. The van der Waals surface area contributed by atoms with E-state index in [4.69, 9.17) is 11.6 Å². The van der Waals surface area contributed by atoms with E-state index in [1.165, 1.54) is 24.3 Å². The molecule has 10 heteroatoms. The van der Waals surface area contributed by atoms with Gasteiger partial charge in [0.25, 0.3) is 0 Å². The van der Waals surface area contributed by atoms with E-state index in [-0.39, 0.29) is 34.6 Å². The molecule has 7 nitrogen and oxygen atoms in total. The second kappa shape index (κ2) is 11.3. The van der Waals surface area contributed by atoms with E-state index < -0.39 is 16.1 Å². The first-order valence-electron chi connectivity index (χ1n) is 11.0. The predicted molar refractivity (Wildman–Crippen MR) is 129 cm³/mol. The van der Waals surface area contributed by atoms with Crippen molar-refractivity contribution in [3.63, 3.8) is 0 Å². The maximum absolute atomic E-state index is 14.0. The molecule has 0 spiro atoms. The highest BCUT2D eigenvalue weighted by molar-refractivity contribution is 7.89. The number of piperazine rings is 1. The first-order chi connectivity index (χ1) is 15.7. The molecule has 3 rings (SSSR count). The van der Waals surface area contributed by atoms with Gasteiger partial charge in [0.15, 0.2) is 0 Å². The number of likely N-dealkylation sites (N-methyl/N-ethyl adjacent to an activating group) is 1. The molecule has 1 atom stereocenters. The van der Waals surface area contributed by atoms with Gasteiger partial charge in [-0.25, -0.2) is 17.5 Å². The molecule has 0 aromatic heterocycles. The molecule has 2 aromatic carbocycles. The summed E-state index contributed by atoms with van der Waals surface area (Å²) in [5, 5.41) is 2.97. The third-order valence-electron chi connectivity index (χ3n) is 5.76. The fourth-order valence-corrected chi connectivity index (χ4v) is 5.45. The number of nitrogens with one attached hydrogen (secondary N) is 2. The van der Waals surface area contributed by atoms with Gasteiger partial charge < -0.3 is 15.1 Å². The zero-order valence-electron chi connectivity index (χ0n) is 18.9. The molecule has 1 unspecified atom stereocenters. The van der Waals surface area contributed by atoms with Gasteiger partial charge in [0.1, 0.15) is 10.7 Å². The number of nitrogens with zero attached hydrogens (tertiary/aromatic N) is 2. The van der Waals surface area contributed by atoms with Crippen molar-refractivity contribution >= 4 is 33.2 Å². The molecule has 180 valence electrons. The van der Waals surface area contributed by atoms with Gasteiger partial charge >= 0.3 is 0 Å². The molecule has 2 N–H and O–H groups in total. The van der Waals surface area contributed by atoms with Gasteiger partial charge in [0.2, 0.25) is 15.9 Å². The zero-order valence-corrected chi connectivity index (χ0v) is 20.4. The lowest BCUT2D eigenvalue weighted by atomic mass is 10.0. The van der Waals surface area contributed by atoms with Crippen LogP contribution in [-0.4, -0.2) is 58.5 Å². The lowest BCUT2D eigenvalue weighted by molar-refractivity contribution is -0.121. The normalized spacial score (nSPS) is 15.9. The number of carbonyl (C=O) groups is 1. The van der Waals surface area contributed by atoms with Gasteiger partial charge in [-0.3, -0.25) is 4.79 Å². The zero-order chi connectivity index (χ0) is 24.0. The maximum Gasteiger partial charge on any atom is 0.242 e. The summed E-state index contributed by atoms with van der Waals surface area (Å²) in [7, 11) is -3.82. The van der Waals surface area contributed by atoms with Crippen molar-refractivity contribution in [2.24, 2.45) is 0 Å². The minimum Gasteiger partial charge on any atom is -0.369 e. The number of hydrogen-bond acceptors (Lipinski definition) is 5. The van der Waals surface area contributed by atoms with Crippen LogP contribution < -0.4 is 14.9 Å². The monoisotopic (exact) mass is 496 g/mol. The molecular weight excluding hydrogens is 467 g/mol. The fraction of sp³-hybridized carbons (Fsp3) is 0.435. The molecule has 2 aromatic rings. The van der Waals surface area contributed by atoms with Gasteiger partial charge in [-0.1, -0.05) is 30.7 Å². The molecule has 1 heterocycles. The molecule has 1 aliphatic rings. The van der Waals surface area contributed by atoms with Crippen molar-refractivity contribution in [1.29, 1.82) is 0 Å². The molecule has 1 saturated heterocycles. The second-order valence-corrected chi connectivity index (χ2v) is 10.1. The number of carbonyl (C=O) groups excluding carboxylic acids is 1. The Morgan fingerprint density at radius 3 is 2.52 bits per heavy atom. The number of benzene rings is 2. The molecule has 0 saturated carbocycles. The largest absolute Gasteiger partial charge is 0.369 e. The van der Waals surface area contributed by atoms with E-state index in [2.05, 4.69) is 26.8 Å². The number of halogens is 2. The topological polar surface area (TPSA) is 81.8 Å². The summed E-state index contributed by atoms with van der Waals surface area (Å²) in [4.78, 5) is 17.0. The summed E-state index contributed by atoms with van der Waals surface area (Å²) in [5.41, 5.74) is 1.60. The van der Waals surface area contributed by atoms with Crippen molar-refractivity contribution in [3.8, 4) is 0 Å². The molecule has 1 fully saturated rings. The van der Waals surface area contributed by atoms with E-state index >= 15 is 0 Å². The van der Waals surface area contributed by atoms with Crippen LogP contribution in [0.2, 0.25) is 5.02 Å². The van der Waals surface area contributed by atoms with Crippen LogP contribution in [0.3, 0.4) is 0 Å². The van der Waals surface area contributed by atoms with Gasteiger partial charge in [-0.05, 0) is 43.8 Å². The molecule has 0 bridgehead atoms. The minimum atomic E-state index is -3.82. The van der Waals surface area contributed by atoms with Crippen molar-refractivity contribution in [2.75, 3.05) is 44.2 Å². The van der Waals surface area contributed by atoms with Crippen molar-refractivity contribution in [1.82, 2.24) is 14.9 Å². The van der Waals surface area contributed by atoms with Crippen LogP contribution in [0, 0.1) is 5.82 Å². The Morgan fingerprint density at radius 2 is 1.85 bits per heavy atom. The van der Waals surface area contributed by atoms with Crippen molar-refractivity contribution < 1.29 is 17.6 Å². The quantitative estimate of drug-likeness (QED) is 0.557. The lowest BCUT2D eigenvalue weighted by Gasteiger charge is -2.37. The minimum absolute atomic E-state index is 0.0342. The Labute approximate surface area is 200 Å². The molecule has 1 amide bonds. The molecule has 0 aliphatic carbocycles. The van der Waals surface area contributed by atoms with Crippen LogP contribution in [0.4, 0.5) is 10.1 Å². The number of rotatable bonds is 9. The van der Waals surface area contributed by atoms with E-state index in [0.717, 1.165) is 38.4 Å². The predicted octanol–water partition coefficient (Wildman–Crippen LogP) is 3.17. The first kappa shape index (κ1) is 25.4.